The number of ether oxygens (including phenoxy) is 1. The Bertz CT molecular complexity index is 1490. The Balaban J connectivity index is 1.59. The van der Waals surface area contributed by atoms with Crippen molar-refractivity contribution in [1.29, 1.82) is 0 Å². The highest BCUT2D eigenvalue weighted by molar-refractivity contribution is 5.97. The van der Waals surface area contributed by atoms with Crippen LogP contribution in [0.1, 0.15) is 15.9 Å². The molecule has 0 unspecified atom stereocenters. The van der Waals surface area contributed by atoms with Crippen LogP contribution in [-0.4, -0.2) is 61.6 Å². The molecule has 1 aromatic heterocycles. The third-order valence-corrected chi connectivity index (χ3v) is 6.77. The first-order chi connectivity index (χ1) is 19.0. The van der Waals surface area contributed by atoms with Gasteiger partial charge in [0.05, 0.1) is 24.2 Å². The van der Waals surface area contributed by atoms with Gasteiger partial charge in [0.1, 0.15) is 11.6 Å². The Morgan fingerprint density at radius 3 is 2.74 bits per heavy atom. The average Bonchev–Trinajstić information content (AvgIpc) is 3.12. The molecule has 2 N–H and O–H groups in total. The quantitative estimate of drug-likeness (QED) is 0.334. The largest absolute Gasteiger partial charge is 0.497 e. The van der Waals surface area contributed by atoms with Crippen LogP contribution in [0.25, 0.3) is 11.3 Å². The molecule has 9 heteroatoms. The van der Waals surface area contributed by atoms with Gasteiger partial charge in [0.15, 0.2) is 0 Å². The van der Waals surface area contributed by atoms with Gasteiger partial charge in [-0.2, -0.15) is 0 Å². The van der Waals surface area contributed by atoms with E-state index in [0.29, 0.717) is 43.3 Å². The van der Waals surface area contributed by atoms with Crippen molar-refractivity contribution < 1.29 is 13.9 Å². The van der Waals surface area contributed by atoms with Crippen LogP contribution in [0.4, 0.5) is 27.4 Å². The summed E-state index contributed by atoms with van der Waals surface area (Å²) in [6.45, 7) is 1.75. The summed E-state index contributed by atoms with van der Waals surface area (Å²) in [5.74, 6) is 0.717. The molecule has 2 heterocycles. The third kappa shape index (κ3) is 5.53. The zero-order valence-electron chi connectivity index (χ0n) is 22.2. The van der Waals surface area contributed by atoms with E-state index < -0.39 is 0 Å². The second-order valence-corrected chi connectivity index (χ2v) is 9.34. The van der Waals surface area contributed by atoms with Crippen LogP contribution >= 0.6 is 0 Å². The number of hydrogen-bond acceptors (Lipinski definition) is 7. The van der Waals surface area contributed by atoms with E-state index in [1.165, 1.54) is 6.07 Å². The van der Waals surface area contributed by atoms with Gasteiger partial charge in [0.25, 0.3) is 5.91 Å². The number of anilines is 4. The van der Waals surface area contributed by atoms with E-state index in [-0.39, 0.29) is 11.7 Å². The summed E-state index contributed by atoms with van der Waals surface area (Å²) in [6.07, 6.45) is 2.41. The molecule has 0 aliphatic carbocycles. The van der Waals surface area contributed by atoms with Crippen LogP contribution in [0.3, 0.4) is 0 Å². The smallest absolute Gasteiger partial charge is 0.253 e. The van der Waals surface area contributed by atoms with Gasteiger partial charge in [-0.1, -0.05) is 18.2 Å². The molecule has 39 heavy (non-hydrogen) atoms. The number of methoxy groups -OCH3 is 1. The lowest BCUT2D eigenvalue weighted by atomic mass is 10.0. The van der Waals surface area contributed by atoms with Crippen LogP contribution in [0.5, 0.6) is 5.75 Å². The summed E-state index contributed by atoms with van der Waals surface area (Å²) in [6, 6.07) is 19.8. The van der Waals surface area contributed by atoms with Crippen LogP contribution in [-0.2, 0) is 6.42 Å². The molecule has 200 valence electrons. The van der Waals surface area contributed by atoms with Crippen molar-refractivity contribution in [1.82, 2.24) is 20.2 Å². The fourth-order valence-electron chi connectivity index (χ4n) is 4.68. The maximum Gasteiger partial charge on any atom is 0.253 e. The van der Waals surface area contributed by atoms with Gasteiger partial charge in [0.2, 0.25) is 5.95 Å². The molecule has 1 aliphatic rings. The minimum atomic E-state index is -0.330. The number of carbonyl (C=O) groups excluding carboxylic acids is 1. The van der Waals surface area contributed by atoms with Crippen molar-refractivity contribution in [2.75, 3.05) is 51.1 Å². The standard InChI is InChI=1S/C30H31FN6O2/c1-32-14-16-36(2)29(38)20-11-12-24-27(17-20)37(26-10-5-4-9-25(26)31)15-13-21-19-33-30(35-28(21)24)34-22-7-6-8-23(18-22)39-3/h4-12,17-19,32H,13-16H2,1-3H3,(H,33,34,35). The lowest BCUT2D eigenvalue weighted by Crippen LogP contribution is -2.33. The topological polar surface area (TPSA) is 82.6 Å². The number of halogens is 1. The van der Waals surface area contributed by atoms with E-state index in [1.807, 2.05) is 66.7 Å². The first kappa shape index (κ1) is 26.1. The van der Waals surface area contributed by atoms with Crippen LogP contribution in [0.15, 0.2) is 72.9 Å². The minimum Gasteiger partial charge on any atom is -0.497 e. The highest BCUT2D eigenvalue weighted by Crippen LogP contribution is 2.40. The third-order valence-electron chi connectivity index (χ3n) is 6.77. The second-order valence-electron chi connectivity index (χ2n) is 9.34. The van der Waals surface area contributed by atoms with Gasteiger partial charge in [-0.25, -0.2) is 14.4 Å². The Kier molecular flexibility index (Phi) is 7.69. The molecule has 0 fully saturated rings. The number of aromatic nitrogens is 2. The number of nitrogens with zero attached hydrogens (tertiary/aromatic N) is 4. The van der Waals surface area contributed by atoms with Crippen molar-refractivity contribution in [3.8, 4) is 17.0 Å². The molecular formula is C30H31FN6O2. The van der Waals surface area contributed by atoms with E-state index in [1.54, 1.807) is 31.2 Å². The Labute approximate surface area is 227 Å². The van der Waals surface area contributed by atoms with Crippen LogP contribution in [0, 0.1) is 5.82 Å². The molecule has 4 aromatic rings. The van der Waals surface area contributed by atoms with Gasteiger partial charge >= 0.3 is 0 Å². The number of fused-ring (bicyclic) bond motifs is 3. The number of likely N-dealkylation sites (N-methyl/N-ethyl adjacent to an activating group) is 2. The fraction of sp³-hybridized carbons (Fsp3) is 0.233. The lowest BCUT2D eigenvalue weighted by Gasteiger charge is -2.26. The second kappa shape index (κ2) is 11.5. The monoisotopic (exact) mass is 526 g/mol. The summed E-state index contributed by atoms with van der Waals surface area (Å²) < 4.78 is 20.4. The molecule has 0 spiro atoms. The highest BCUT2D eigenvalue weighted by Gasteiger charge is 2.26. The maximum atomic E-state index is 15.1. The molecule has 1 amide bonds. The molecule has 8 nitrogen and oxygen atoms in total. The number of benzene rings is 3. The molecule has 0 atom stereocenters. The maximum absolute atomic E-state index is 15.1. The Morgan fingerprint density at radius 1 is 1.10 bits per heavy atom. The van der Waals surface area contributed by atoms with E-state index in [9.17, 15) is 4.79 Å². The van der Waals surface area contributed by atoms with Gasteiger partial charge in [-0.3, -0.25) is 4.79 Å². The van der Waals surface area contributed by atoms with Gasteiger partial charge in [0, 0.05) is 55.8 Å². The predicted molar refractivity (Wildman–Crippen MR) is 152 cm³/mol. The highest BCUT2D eigenvalue weighted by atomic mass is 19.1. The van der Waals surface area contributed by atoms with Gasteiger partial charge in [-0.05, 0) is 61.5 Å². The van der Waals surface area contributed by atoms with E-state index in [2.05, 4.69) is 15.6 Å². The summed E-state index contributed by atoms with van der Waals surface area (Å²) in [5, 5.41) is 6.32. The molecular weight excluding hydrogens is 495 g/mol. The van der Waals surface area contributed by atoms with Crippen LogP contribution < -0.4 is 20.3 Å². The number of rotatable bonds is 8. The van der Waals surface area contributed by atoms with Crippen molar-refractivity contribution in [3.63, 3.8) is 0 Å². The number of hydrogen-bond donors (Lipinski definition) is 2. The summed E-state index contributed by atoms with van der Waals surface area (Å²) in [4.78, 5) is 26.3. The molecule has 0 saturated heterocycles. The van der Waals surface area contributed by atoms with Crippen molar-refractivity contribution >= 4 is 28.9 Å². The van der Waals surface area contributed by atoms with Crippen LogP contribution in [0.2, 0.25) is 0 Å². The predicted octanol–water partition coefficient (Wildman–Crippen LogP) is 5.02. The van der Waals surface area contributed by atoms with Crippen molar-refractivity contribution in [3.05, 3.63) is 89.9 Å². The fourth-order valence-corrected chi connectivity index (χ4v) is 4.68. The summed E-state index contributed by atoms with van der Waals surface area (Å²) in [7, 11) is 5.25. The van der Waals surface area contributed by atoms with Crippen molar-refractivity contribution in [2.24, 2.45) is 0 Å². The van der Waals surface area contributed by atoms with Crippen molar-refractivity contribution in [2.45, 2.75) is 6.42 Å². The van der Waals surface area contributed by atoms with Gasteiger partial charge in [-0.15, -0.1) is 0 Å². The molecule has 0 bridgehead atoms. The number of amides is 1. The zero-order chi connectivity index (χ0) is 27.4. The number of nitrogens with one attached hydrogen (secondary N) is 2. The van der Waals surface area contributed by atoms with E-state index >= 15 is 4.39 Å². The number of para-hydroxylation sites is 1. The van der Waals surface area contributed by atoms with Gasteiger partial charge < -0.3 is 25.2 Å². The summed E-state index contributed by atoms with van der Waals surface area (Å²) in [5.41, 5.74) is 4.97. The summed E-state index contributed by atoms with van der Waals surface area (Å²) >= 11 is 0. The van der Waals surface area contributed by atoms with E-state index in [4.69, 9.17) is 9.72 Å². The average molecular weight is 527 g/mol. The molecule has 1 aliphatic heterocycles. The van der Waals surface area contributed by atoms with E-state index in [0.717, 1.165) is 33.9 Å². The molecule has 0 saturated carbocycles. The lowest BCUT2D eigenvalue weighted by molar-refractivity contribution is 0.0797. The molecule has 0 radical (unpaired) electrons. The minimum absolute atomic E-state index is 0.103. The normalized spacial score (nSPS) is 12.3. The zero-order valence-corrected chi connectivity index (χ0v) is 22.2. The first-order valence-corrected chi connectivity index (χ1v) is 12.8. The Hall–Kier alpha value is -4.50. The molecule has 3 aromatic carbocycles. The Morgan fingerprint density at radius 2 is 1.95 bits per heavy atom. The SMILES string of the molecule is CNCCN(C)C(=O)c1ccc2c(c1)N(c1ccccc1F)CCc1cnc(Nc3cccc(OC)c3)nc1-2. The number of carbonyl (C=O) groups is 1. The molecule has 5 rings (SSSR count). The first-order valence-electron chi connectivity index (χ1n) is 12.8.